The lowest BCUT2D eigenvalue weighted by Gasteiger charge is -2.26. The fraction of sp³-hybridized carbons (Fsp3) is 0.647. The van der Waals surface area contributed by atoms with E-state index in [1.54, 1.807) is 0 Å². The first-order chi connectivity index (χ1) is 14.8. The Morgan fingerprint density at radius 2 is 1.47 bits per heavy atom. The van der Waals surface area contributed by atoms with Crippen LogP contribution in [0.15, 0.2) is 4.99 Å². The molecule has 13 N–H and O–H groups in total. The van der Waals surface area contributed by atoms with Crippen molar-refractivity contribution >= 4 is 35.6 Å². The van der Waals surface area contributed by atoms with Gasteiger partial charge in [0.25, 0.3) is 0 Å². The summed E-state index contributed by atoms with van der Waals surface area (Å²) in [6.45, 7) is 2.72. The molecule has 32 heavy (non-hydrogen) atoms. The third-order valence-corrected chi connectivity index (χ3v) is 4.07. The number of carboxylic acids is 1. The van der Waals surface area contributed by atoms with Gasteiger partial charge in [0.15, 0.2) is 5.96 Å². The molecule has 0 fully saturated rings. The monoisotopic (exact) mass is 460 g/mol. The molecule has 0 aromatic rings. The van der Waals surface area contributed by atoms with Crippen molar-refractivity contribution in [3.05, 3.63) is 0 Å². The van der Waals surface area contributed by atoms with E-state index in [2.05, 4.69) is 20.9 Å². The SMILES string of the molecule is CC(N)C(=O)NC(C(=O)NC(CCCN=C(N)N)C(=O)NC(CC(N)=O)C(=O)O)C(C)O. The van der Waals surface area contributed by atoms with Crippen LogP contribution in [0.3, 0.4) is 0 Å². The van der Waals surface area contributed by atoms with Crippen LogP contribution in [0.2, 0.25) is 0 Å². The average molecular weight is 460 g/mol. The molecule has 0 aliphatic heterocycles. The highest BCUT2D eigenvalue weighted by Crippen LogP contribution is 2.04. The first-order valence-electron chi connectivity index (χ1n) is 9.67. The number of aliphatic hydroxyl groups excluding tert-OH is 1. The molecule has 0 aromatic carbocycles. The van der Waals surface area contributed by atoms with Crippen molar-refractivity contribution in [2.75, 3.05) is 6.54 Å². The van der Waals surface area contributed by atoms with Gasteiger partial charge in [-0.15, -0.1) is 0 Å². The summed E-state index contributed by atoms with van der Waals surface area (Å²) >= 11 is 0. The molecule has 0 rings (SSSR count). The third kappa shape index (κ3) is 11.1. The molecule has 5 atom stereocenters. The average Bonchev–Trinajstić information content (AvgIpc) is 2.66. The van der Waals surface area contributed by atoms with Crippen molar-refractivity contribution in [2.24, 2.45) is 27.9 Å². The molecule has 5 unspecified atom stereocenters. The lowest BCUT2D eigenvalue weighted by Crippen LogP contribution is -2.59. The minimum atomic E-state index is -1.62. The van der Waals surface area contributed by atoms with Crippen LogP contribution < -0.4 is 38.9 Å². The topological polar surface area (TPSA) is 278 Å². The zero-order chi connectivity index (χ0) is 25.0. The zero-order valence-corrected chi connectivity index (χ0v) is 17.9. The minimum absolute atomic E-state index is 0.0367. The highest BCUT2D eigenvalue weighted by atomic mass is 16.4. The fourth-order valence-electron chi connectivity index (χ4n) is 2.40. The Morgan fingerprint density at radius 1 is 0.906 bits per heavy atom. The second kappa shape index (κ2) is 13.8. The van der Waals surface area contributed by atoms with Crippen molar-refractivity contribution in [3.63, 3.8) is 0 Å². The summed E-state index contributed by atoms with van der Waals surface area (Å²) < 4.78 is 0. The molecule has 0 aromatic heterocycles. The molecule has 0 aliphatic carbocycles. The van der Waals surface area contributed by atoms with E-state index in [-0.39, 0.29) is 25.3 Å². The van der Waals surface area contributed by atoms with Gasteiger partial charge in [0, 0.05) is 6.54 Å². The maximum Gasteiger partial charge on any atom is 0.326 e. The standard InChI is InChI=1S/C17H32N8O7/c1-7(18)13(28)25-12(8(2)26)15(30)23-9(4-3-5-22-17(20)21)14(29)24-10(16(31)32)6-11(19)27/h7-10,12,26H,3-6,18H2,1-2H3,(H2,19,27)(H,23,30)(H,24,29)(H,25,28)(H,31,32)(H4,20,21,22). The number of guanidine groups is 1. The molecule has 15 heteroatoms. The number of aliphatic carboxylic acids is 1. The quantitative estimate of drug-likeness (QED) is 0.0677. The van der Waals surface area contributed by atoms with Crippen molar-refractivity contribution in [3.8, 4) is 0 Å². The van der Waals surface area contributed by atoms with Gasteiger partial charge in [-0.3, -0.25) is 24.2 Å². The normalized spacial score (nSPS) is 15.2. The molecule has 182 valence electrons. The van der Waals surface area contributed by atoms with Crippen molar-refractivity contribution in [1.82, 2.24) is 16.0 Å². The van der Waals surface area contributed by atoms with Gasteiger partial charge in [0.05, 0.1) is 18.6 Å². The predicted molar refractivity (Wildman–Crippen MR) is 112 cm³/mol. The number of aliphatic imine (C=N–C) groups is 1. The summed E-state index contributed by atoms with van der Waals surface area (Å²) in [6, 6.07) is -5.34. The summed E-state index contributed by atoms with van der Waals surface area (Å²) in [7, 11) is 0. The van der Waals surface area contributed by atoms with Crippen LogP contribution in [0, 0.1) is 0 Å². The van der Waals surface area contributed by atoms with Gasteiger partial charge in [-0.05, 0) is 26.7 Å². The number of amides is 4. The number of aliphatic hydroxyl groups is 1. The number of carbonyl (C=O) groups excluding carboxylic acids is 4. The smallest absolute Gasteiger partial charge is 0.326 e. The Labute approximate surface area is 184 Å². The van der Waals surface area contributed by atoms with Crippen LogP contribution in [-0.4, -0.2) is 82.6 Å². The molecule has 4 amide bonds. The number of carbonyl (C=O) groups is 5. The highest BCUT2D eigenvalue weighted by Gasteiger charge is 2.32. The molecule has 15 nitrogen and oxygen atoms in total. The van der Waals surface area contributed by atoms with E-state index in [4.69, 9.17) is 22.9 Å². The molecule has 0 aliphatic rings. The summed E-state index contributed by atoms with van der Waals surface area (Å²) in [5, 5.41) is 25.8. The molecule has 0 bridgehead atoms. The Balaban J connectivity index is 5.51. The van der Waals surface area contributed by atoms with Crippen LogP contribution >= 0.6 is 0 Å². The highest BCUT2D eigenvalue weighted by molar-refractivity contribution is 5.95. The molecule has 0 heterocycles. The summed E-state index contributed by atoms with van der Waals surface area (Å²) in [4.78, 5) is 63.2. The number of nitrogens with one attached hydrogen (secondary N) is 3. The van der Waals surface area contributed by atoms with E-state index in [0.29, 0.717) is 0 Å². The van der Waals surface area contributed by atoms with Crippen LogP contribution in [-0.2, 0) is 24.0 Å². The van der Waals surface area contributed by atoms with E-state index in [0.717, 1.165) is 0 Å². The Bertz CT molecular complexity index is 722. The van der Waals surface area contributed by atoms with E-state index in [9.17, 15) is 34.2 Å². The molecule has 0 saturated carbocycles. The van der Waals surface area contributed by atoms with Crippen molar-refractivity contribution in [2.45, 2.75) is 63.4 Å². The lowest BCUT2D eigenvalue weighted by molar-refractivity contribution is -0.144. The number of nitrogens with two attached hydrogens (primary N) is 4. The lowest BCUT2D eigenvalue weighted by atomic mass is 10.1. The number of rotatable bonds is 14. The first kappa shape index (κ1) is 28.5. The Hall–Kier alpha value is -3.46. The second-order valence-electron chi connectivity index (χ2n) is 7.10. The predicted octanol–water partition coefficient (Wildman–Crippen LogP) is -4.82. The Morgan fingerprint density at radius 3 is 1.91 bits per heavy atom. The maximum atomic E-state index is 12.6. The maximum absolute atomic E-state index is 12.6. The molecular weight excluding hydrogens is 428 g/mol. The van der Waals surface area contributed by atoms with E-state index in [1.165, 1.54) is 13.8 Å². The Kier molecular flexibility index (Phi) is 12.3. The number of nitrogens with zero attached hydrogens (tertiary/aromatic N) is 1. The van der Waals surface area contributed by atoms with Crippen LogP contribution in [0.5, 0.6) is 0 Å². The van der Waals surface area contributed by atoms with Gasteiger partial charge in [0.2, 0.25) is 23.6 Å². The molecule has 0 radical (unpaired) electrons. The number of hydrogen-bond donors (Lipinski definition) is 9. The van der Waals surface area contributed by atoms with E-state index < -0.39 is 66.3 Å². The van der Waals surface area contributed by atoms with Crippen LogP contribution in [0.4, 0.5) is 0 Å². The van der Waals surface area contributed by atoms with Gasteiger partial charge >= 0.3 is 5.97 Å². The second-order valence-corrected chi connectivity index (χ2v) is 7.10. The van der Waals surface area contributed by atoms with Crippen molar-refractivity contribution < 1.29 is 34.2 Å². The summed E-state index contributed by atoms with van der Waals surface area (Å²) in [5.74, 6) is -5.22. The van der Waals surface area contributed by atoms with Gasteiger partial charge in [0.1, 0.15) is 18.1 Å². The fourth-order valence-corrected chi connectivity index (χ4v) is 2.40. The molecular formula is C17H32N8O7. The largest absolute Gasteiger partial charge is 0.480 e. The number of carboxylic acid groups (broad SMARTS) is 1. The van der Waals surface area contributed by atoms with E-state index in [1.807, 2.05) is 0 Å². The number of hydrogen-bond acceptors (Lipinski definition) is 8. The van der Waals surface area contributed by atoms with E-state index >= 15 is 0 Å². The van der Waals surface area contributed by atoms with Gasteiger partial charge in [-0.25, -0.2) is 4.79 Å². The zero-order valence-electron chi connectivity index (χ0n) is 17.9. The van der Waals surface area contributed by atoms with Gasteiger partial charge in [-0.1, -0.05) is 0 Å². The molecule has 0 spiro atoms. The minimum Gasteiger partial charge on any atom is -0.480 e. The summed E-state index contributed by atoms with van der Waals surface area (Å²) in [5.41, 5.74) is 20.9. The van der Waals surface area contributed by atoms with Gasteiger partial charge < -0.3 is 49.1 Å². The van der Waals surface area contributed by atoms with Crippen LogP contribution in [0.25, 0.3) is 0 Å². The number of primary amides is 1. The molecule has 0 saturated heterocycles. The third-order valence-electron chi connectivity index (χ3n) is 4.07. The van der Waals surface area contributed by atoms with Gasteiger partial charge in [-0.2, -0.15) is 0 Å². The first-order valence-corrected chi connectivity index (χ1v) is 9.67. The summed E-state index contributed by atoms with van der Waals surface area (Å²) in [6.07, 6.45) is -1.85. The van der Waals surface area contributed by atoms with Crippen molar-refractivity contribution in [1.29, 1.82) is 0 Å². The van der Waals surface area contributed by atoms with Crippen LogP contribution in [0.1, 0.15) is 33.1 Å².